The Bertz CT molecular complexity index is 611. The van der Waals surface area contributed by atoms with Crippen molar-refractivity contribution < 1.29 is 0 Å². The van der Waals surface area contributed by atoms with Gasteiger partial charge in [-0.05, 0) is 60.7 Å². The van der Waals surface area contributed by atoms with Crippen molar-refractivity contribution in [3.05, 3.63) is 68.7 Å². The molecule has 3 N–H and O–H groups in total. The molecule has 0 fully saturated rings. The van der Waals surface area contributed by atoms with Crippen LogP contribution < -0.4 is 11.3 Å². The molecule has 0 saturated heterocycles. The fourth-order valence-electron chi connectivity index (χ4n) is 2.33. The zero-order valence-electron chi connectivity index (χ0n) is 11.6. The molecule has 0 bridgehead atoms. The Morgan fingerprint density at radius 3 is 2.60 bits per heavy atom. The highest BCUT2D eigenvalue weighted by atomic mass is 35.5. The lowest BCUT2D eigenvalue weighted by Gasteiger charge is -2.20. The normalized spacial score (nSPS) is 12.4. The number of hydrogen-bond acceptors (Lipinski definition) is 2. The van der Waals surface area contributed by atoms with Gasteiger partial charge in [0, 0.05) is 10.0 Å². The van der Waals surface area contributed by atoms with Gasteiger partial charge in [0.05, 0.1) is 6.04 Å². The molecule has 0 aromatic heterocycles. The van der Waals surface area contributed by atoms with E-state index in [4.69, 9.17) is 29.0 Å². The van der Waals surface area contributed by atoms with Gasteiger partial charge in [-0.2, -0.15) is 0 Å². The highest BCUT2D eigenvalue weighted by Crippen LogP contribution is 2.28. The molecule has 20 heavy (non-hydrogen) atoms. The summed E-state index contributed by atoms with van der Waals surface area (Å²) in [5, 5.41) is 1.39. The second-order valence-corrected chi connectivity index (χ2v) is 5.79. The van der Waals surface area contributed by atoms with E-state index in [1.54, 1.807) is 6.07 Å². The van der Waals surface area contributed by atoms with Crippen LogP contribution >= 0.6 is 23.2 Å². The number of hydrazine groups is 1. The summed E-state index contributed by atoms with van der Waals surface area (Å²) in [7, 11) is 0. The average molecular weight is 309 g/mol. The zero-order chi connectivity index (χ0) is 14.7. The van der Waals surface area contributed by atoms with Crippen LogP contribution in [0.1, 0.15) is 28.3 Å². The van der Waals surface area contributed by atoms with Gasteiger partial charge in [0.2, 0.25) is 0 Å². The van der Waals surface area contributed by atoms with Crippen molar-refractivity contribution in [2.24, 2.45) is 5.84 Å². The molecule has 0 amide bonds. The molecule has 106 valence electrons. The molecule has 0 saturated carbocycles. The zero-order valence-corrected chi connectivity index (χ0v) is 13.1. The van der Waals surface area contributed by atoms with Crippen LogP contribution in [-0.2, 0) is 6.42 Å². The van der Waals surface area contributed by atoms with Crippen molar-refractivity contribution in [3.63, 3.8) is 0 Å². The molecule has 0 aliphatic rings. The van der Waals surface area contributed by atoms with Gasteiger partial charge in [-0.25, -0.2) is 0 Å². The van der Waals surface area contributed by atoms with Crippen LogP contribution in [0, 0.1) is 13.8 Å². The Hall–Kier alpha value is -1.06. The molecular weight excluding hydrogens is 291 g/mol. The quantitative estimate of drug-likeness (QED) is 0.650. The first kappa shape index (κ1) is 15.3. The Kier molecular flexibility index (Phi) is 5.06. The molecule has 2 rings (SSSR count). The summed E-state index contributed by atoms with van der Waals surface area (Å²) in [6.07, 6.45) is 0.695. The summed E-state index contributed by atoms with van der Waals surface area (Å²) in [5.41, 5.74) is 7.55. The van der Waals surface area contributed by atoms with Crippen molar-refractivity contribution in [1.82, 2.24) is 5.43 Å². The van der Waals surface area contributed by atoms with Crippen LogP contribution in [-0.4, -0.2) is 0 Å². The summed E-state index contributed by atoms with van der Waals surface area (Å²) < 4.78 is 0. The summed E-state index contributed by atoms with van der Waals surface area (Å²) in [4.78, 5) is 0. The summed E-state index contributed by atoms with van der Waals surface area (Å²) in [6.45, 7) is 4.20. The minimum absolute atomic E-state index is 0.00543. The molecule has 0 radical (unpaired) electrons. The number of rotatable bonds is 4. The van der Waals surface area contributed by atoms with Gasteiger partial charge in [0.25, 0.3) is 0 Å². The van der Waals surface area contributed by atoms with E-state index in [1.807, 2.05) is 18.2 Å². The van der Waals surface area contributed by atoms with Crippen LogP contribution in [0.5, 0.6) is 0 Å². The molecule has 2 aromatic carbocycles. The van der Waals surface area contributed by atoms with Gasteiger partial charge < -0.3 is 0 Å². The molecule has 2 nitrogen and oxygen atoms in total. The lowest BCUT2D eigenvalue weighted by atomic mass is 9.93. The lowest BCUT2D eigenvalue weighted by molar-refractivity contribution is 0.549. The van der Waals surface area contributed by atoms with Gasteiger partial charge in [-0.3, -0.25) is 11.3 Å². The van der Waals surface area contributed by atoms with Crippen LogP contribution in [0.15, 0.2) is 36.4 Å². The maximum Gasteiger partial charge on any atom is 0.0503 e. The maximum absolute atomic E-state index is 6.23. The third-order valence-corrected chi connectivity index (χ3v) is 4.26. The van der Waals surface area contributed by atoms with E-state index >= 15 is 0 Å². The molecule has 1 atom stereocenters. The molecule has 0 spiro atoms. The number of halogens is 2. The SMILES string of the molecule is Cc1cccc(C(Cc2cc(Cl)ccc2Cl)NN)c1C. The second kappa shape index (κ2) is 6.59. The monoisotopic (exact) mass is 308 g/mol. The van der Waals surface area contributed by atoms with Crippen molar-refractivity contribution in [2.75, 3.05) is 0 Å². The van der Waals surface area contributed by atoms with E-state index in [9.17, 15) is 0 Å². The standard InChI is InChI=1S/C16H18Cl2N2/c1-10-4-3-5-14(11(10)2)16(20-19)9-12-8-13(17)6-7-15(12)18/h3-8,16,20H,9,19H2,1-2H3. The first-order valence-corrected chi connectivity index (χ1v) is 7.24. The number of hydrogen-bond donors (Lipinski definition) is 2. The van der Waals surface area contributed by atoms with E-state index in [0.717, 1.165) is 5.56 Å². The molecule has 1 unspecified atom stereocenters. The van der Waals surface area contributed by atoms with E-state index in [-0.39, 0.29) is 6.04 Å². The van der Waals surface area contributed by atoms with Crippen molar-refractivity contribution >= 4 is 23.2 Å². The Morgan fingerprint density at radius 1 is 1.15 bits per heavy atom. The Morgan fingerprint density at radius 2 is 1.90 bits per heavy atom. The van der Waals surface area contributed by atoms with E-state index in [1.165, 1.54) is 16.7 Å². The smallest absolute Gasteiger partial charge is 0.0503 e. The topological polar surface area (TPSA) is 38.0 Å². The van der Waals surface area contributed by atoms with Crippen LogP contribution in [0.4, 0.5) is 0 Å². The lowest BCUT2D eigenvalue weighted by Crippen LogP contribution is -2.30. The molecular formula is C16H18Cl2N2. The number of aryl methyl sites for hydroxylation is 1. The highest BCUT2D eigenvalue weighted by Gasteiger charge is 2.15. The van der Waals surface area contributed by atoms with Crippen LogP contribution in [0.25, 0.3) is 0 Å². The summed E-state index contributed by atoms with van der Waals surface area (Å²) in [6, 6.07) is 11.7. The number of nitrogens with two attached hydrogens (primary N) is 1. The second-order valence-electron chi connectivity index (χ2n) is 4.95. The van der Waals surface area contributed by atoms with Crippen molar-refractivity contribution in [3.8, 4) is 0 Å². The first-order valence-electron chi connectivity index (χ1n) is 6.49. The maximum atomic E-state index is 6.23. The molecule has 0 heterocycles. The van der Waals surface area contributed by atoms with Gasteiger partial charge >= 0.3 is 0 Å². The summed E-state index contributed by atoms with van der Waals surface area (Å²) >= 11 is 12.3. The van der Waals surface area contributed by atoms with Crippen LogP contribution in [0.2, 0.25) is 10.0 Å². The number of benzene rings is 2. The molecule has 0 aliphatic carbocycles. The minimum Gasteiger partial charge on any atom is -0.271 e. The van der Waals surface area contributed by atoms with Crippen molar-refractivity contribution in [1.29, 1.82) is 0 Å². The first-order chi connectivity index (χ1) is 9.52. The van der Waals surface area contributed by atoms with Crippen molar-refractivity contribution in [2.45, 2.75) is 26.3 Å². The molecule has 4 heteroatoms. The van der Waals surface area contributed by atoms with Gasteiger partial charge in [-0.1, -0.05) is 41.4 Å². The number of nitrogens with one attached hydrogen (secondary N) is 1. The van der Waals surface area contributed by atoms with E-state index in [0.29, 0.717) is 16.5 Å². The molecule has 2 aromatic rings. The van der Waals surface area contributed by atoms with Gasteiger partial charge in [-0.15, -0.1) is 0 Å². The third-order valence-electron chi connectivity index (χ3n) is 3.65. The Balaban J connectivity index is 2.34. The fraction of sp³-hybridized carbons (Fsp3) is 0.250. The van der Waals surface area contributed by atoms with E-state index < -0.39 is 0 Å². The summed E-state index contributed by atoms with van der Waals surface area (Å²) in [5.74, 6) is 5.73. The third kappa shape index (κ3) is 3.33. The largest absolute Gasteiger partial charge is 0.271 e. The van der Waals surface area contributed by atoms with Gasteiger partial charge in [0.1, 0.15) is 0 Å². The molecule has 0 aliphatic heterocycles. The predicted octanol–water partition coefficient (Wildman–Crippen LogP) is 4.36. The predicted molar refractivity (Wildman–Crippen MR) is 86.1 cm³/mol. The van der Waals surface area contributed by atoms with Crippen LogP contribution in [0.3, 0.4) is 0 Å². The van der Waals surface area contributed by atoms with E-state index in [2.05, 4.69) is 31.4 Å². The Labute approximate surface area is 129 Å². The van der Waals surface area contributed by atoms with Gasteiger partial charge in [0.15, 0.2) is 0 Å². The highest BCUT2D eigenvalue weighted by molar-refractivity contribution is 6.33. The fourth-order valence-corrected chi connectivity index (χ4v) is 2.72. The average Bonchev–Trinajstić information content (AvgIpc) is 2.43. The minimum atomic E-state index is 0.00543.